The molecule has 0 saturated heterocycles. The lowest BCUT2D eigenvalue weighted by atomic mass is 10.1. The fourth-order valence-electron chi connectivity index (χ4n) is 3.00. The second-order valence-corrected chi connectivity index (χ2v) is 7.37. The highest BCUT2D eigenvalue weighted by molar-refractivity contribution is 5.79. The van der Waals surface area contributed by atoms with E-state index in [4.69, 9.17) is 5.26 Å². The van der Waals surface area contributed by atoms with Gasteiger partial charge in [-0.3, -0.25) is 0 Å². The van der Waals surface area contributed by atoms with Crippen molar-refractivity contribution in [3.8, 4) is 23.1 Å². The molecule has 0 aliphatic heterocycles. The first-order valence-corrected chi connectivity index (χ1v) is 9.39. The monoisotopic (exact) mass is 387 g/mol. The molecule has 0 fully saturated rings. The first-order valence-electron chi connectivity index (χ1n) is 9.39. The van der Waals surface area contributed by atoms with Crippen molar-refractivity contribution in [1.29, 1.82) is 5.26 Å². The Labute approximate surface area is 168 Å². The molecular formula is C20H21N9. The van der Waals surface area contributed by atoms with Gasteiger partial charge in [-0.15, -0.1) is 5.10 Å². The maximum absolute atomic E-state index is 9.07. The normalized spacial score (nSPS) is 11.3. The fourth-order valence-corrected chi connectivity index (χ4v) is 3.00. The minimum atomic E-state index is 0.217. The average molecular weight is 387 g/mol. The number of rotatable bonds is 5. The molecule has 0 spiro atoms. The molecule has 0 bridgehead atoms. The summed E-state index contributed by atoms with van der Waals surface area (Å²) in [4.78, 5) is 8.96. The Balaban J connectivity index is 1.81. The molecule has 0 atom stereocenters. The molecule has 146 valence electrons. The van der Waals surface area contributed by atoms with Crippen LogP contribution in [0.4, 0.5) is 5.69 Å². The zero-order chi connectivity index (χ0) is 20.5. The Morgan fingerprint density at radius 2 is 1.90 bits per heavy atom. The van der Waals surface area contributed by atoms with Gasteiger partial charge in [0, 0.05) is 47.2 Å². The summed E-state index contributed by atoms with van der Waals surface area (Å²) in [7, 11) is 0. The van der Waals surface area contributed by atoms with Crippen LogP contribution in [0.2, 0.25) is 0 Å². The Kier molecular flexibility index (Phi) is 4.68. The van der Waals surface area contributed by atoms with E-state index >= 15 is 0 Å². The SMILES string of the molecule is CC(C)Nc1cc(-n2ncc3cc(C#N)cnc32)ncc1-c1cn(C(C)C)nn1. The van der Waals surface area contributed by atoms with E-state index in [1.54, 1.807) is 23.1 Å². The third-order valence-electron chi connectivity index (χ3n) is 4.40. The van der Waals surface area contributed by atoms with Crippen LogP contribution in [-0.4, -0.2) is 40.8 Å². The Hall–Kier alpha value is -3.80. The molecule has 9 heteroatoms. The van der Waals surface area contributed by atoms with Gasteiger partial charge >= 0.3 is 0 Å². The molecule has 1 N–H and O–H groups in total. The molecule has 4 aromatic rings. The smallest absolute Gasteiger partial charge is 0.164 e. The van der Waals surface area contributed by atoms with Gasteiger partial charge in [0.25, 0.3) is 0 Å². The zero-order valence-electron chi connectivity index (χ0n) is 16.7. The number of nitrogens with one attached hydrogen (secondary N) is 1. The number of hydrogen-bond donors (Lipinski definition) is 1. The minimum absolute atomic E-state index is 0.217. The van der Waals surface area contributed by atoms with Gasteiger partial charge < -0.3 is 5.32 Å². The number of aromatic nitrogens is 7. The van der Waals surface area contributed by atoms with E-state index in [-0.39, 0.29) is 12.1 Å². The summed E-state index contributed by atoms with van der Waals surface area (Å²) < 4.78 is 3.48. The highest BCUT2D eigenvalue weighted by atomic mass is 15.4. The van der Waals surface area contributed by atoms with E-state index in [1.807, 2.05) is 16.9 Å². The van der Waals surface area contributed by atoms with Crippen molar-refractivity contribution >= 4 is 16.7 Å². The summed E-state index contributed by atoms with van der Waals surface area (Å²) in [5.74, 6) is 0.625. The van der Waals surface area contributed by atoms with Crippen LogP contribution < -0.4 is 5.32 Å². The van der Waals surface area contributed by atoms with E-state index in [2.05, 4.69) is 64.5 Å². The molecule has 0 aromatic carbocycles. The summed E-state index contributed by atoms with van der Waals surface area (Å²) in [6.45, 7) is 8.26. The number of nitriles is 1. The maximum atomic E-state index is 9.07. The fraction of sp³-hybridized carbons (Fsp3) is 0.300. The molecular weight excluding hydrogens is 366 g/mol. The summed E-state index contributed by atoms with van der Waals surface area (Å²) in [6.07, 6.45) is 6.90. The van der Waals surface area contributed by atoms with Crippen LogP contribution in [-0.2, 0) is 0 Å². The topological polar surface area (TPSA) is 110 Å². The van der Waals surface area contributed by atoms with Crippen molar-refractivity contribution in [1.82, 2.24) is 34.7 Å². The standard InChI is InChI=1S/C20H21N9/c1-12(2)25-17-6-19(22-10-16(17)18-11-28(13(3)4)27-26-18)29-20-15(9-24-29)5-14(7-21)8-23-20/h5-6,8-13H,1-4H3,(H,22,25). The molecule has 9 nitrogen and oxygen atoms in total. The summed E-state index contributed by atoms with van der Waals surface area (Å²) in [6, 6.07) is 6.23. The van der Waals surface area contributed by atoms with Crippen LogP contribution in [0.1, 0.15) is 39.3 Å². The van der Waals surface area contributed by atoms with E-state index in [9.17, 15) is 0 Å². The van der Waals surface area contributed by atoms with Gasteiger partial charge in [-0.05, 0) is 33.8 Å². The second-order valence-electron chi connectivity index (χ2n) is 7.37. The molecule has 0 saturated carbocycles. The number of pyridine rings is 2. The Morgan fingerprint density at radius 1 is 1.07 bits per heavy atom. The first-order chi connectivity index (χ1) is 14.0. The van der Waals surface area contributed by atoms with Gasteiger partial charge in [-0.25, -0.2) is 14.6 Å². The number of hydrogen-bond acceptors (Lipinski definition) is 7. The highest BCUT2D eigenvalue weighted by Gasteiger charge is 2.15. The Morgan fingerprint density at radius 3 is 2.59 bits per heavy atom. The van der Waals surface area contributed by atoms with Crippen molar-refractivity contribution in [3.63, 3.8) is 0 Å². The van der Waals surface area contributed by atoms with Gasteiger partial charge in [0.05, 0.1) is 18.0 Å². The van der Waals surface area contributed by atoms with E-state index in [1.165, 1.54) is 6.20 Å². The lowest BCUT2D eigenvalue weighted by molar-refractivity contribution is 0.514. The van der Waals surface area contributed by atoms with Crippen molar-refractivity contribution in [2.45, 2.75) is 39.8 Å². The largest absolute Gasteiger partial charge is 0.382 e. The summed E-state index contributed by atoms with van der Waals surface area (Å²) in [5.41, 5.74) is 3.65. The van der Waals surface area contributed by atoms with Gasteiger partial charge in [0.2, 0.25) is 0 Å². The van der Waals surface area contributed by atoms with E-state index in [0.29, 0.717) is 17.0 Å². The molecule has 4 aromatic heterocycles. The summed E-state index contributed by atoms with van der Waals surface area (Å²) >= 11 is 0. The zero-order valence-corrected chi connectivity index (χ0v) is 16.7. The predicted molar refractivity (Wildman–Crippen MR) is 110 cm³/mol. The first kappa shape index (κ1) is 18.6. The van der Waals surface area contributed by atoms with Crippen LogP contribution in [0.15, 0.2) is 36.9 Å². The minimum Gasteiger partial charge on any atom is -0.382 e. The second kappa shape index (κ2) is 7.31. The Bertz CT molecular complexity index is 1210. The molecule has 0 radical (unpaired) electrons. The van der Waals surface area contributed by atoms with Crippen LogP contribution in [0.5, 0.6) is 0 Å². The van der Waals surface area contributed by atoms with Gasteiger partial charge in [0.1, 0.15) is 11.8 Å². The molecule has 0 unspecified atom stereocenters. The van der Waals surface area contributed by atoms with E-state index < -0.39 is 0 Å². The molecule has 0 aliphatic carbocycles. The van der Waals surface area contributed by atoms with Crippen molar-refractivity contribution in [2.24, 2.45) is 0 Å². The van der Waals surface area contributed by atoms with Crippen molar-refractivity contribution < 1.29 is 0 Å². The average Bonchev–Trinajstić information content (AvgIpc) is 3.34. The highest BCUT2D eigenvalue weighted by Crippen LogP contribution is 2.29. The molecule has 4 rings (SSSR count). The molecule has 0 amide bonds. The number of fused-ring (bicyclic) bond motifs is 1. The van der Waals surface area contributed by atoms with Gasteiger partial charge in [-0.2, -0.15) is 15.0 Å². The molecule has 0 aliphatic rings. The third kappa shape index (κ3) is 3.52. The van der Waals surface area contributed by atoms with Crippen molar-refractivity contribution in [3.05, 3.63) is 42.5 Å². The van der Waals surface area contributed by atoms with Gasteiger partial charge in [0.15, 0.2) is 11.5 Å². The van der Waals surface area contributed by atoms with Gasteiger partial charge in [-0.1, -0.05) is 5.21 Å². The van der Waals surface area contributed by atoms with Crippen LogP contribution >= 0.6 is 0 Å². The summed E-state index contributed by atoms with van der Waals surface area (Å²) in [5, 5.41) is 26.2. The lowest BCUT2D eigenvalue weighted by Crippen LogP contribution is -2.12. The van der Waals surface area contributed by atoms with Crippen LogP contribution in [0, 0.1) is 11.3 Å². The third-order valence-corrected chi connectivity index (χ3v) is 4.40. The number of anilines is 1. The van der Waals surface area contributed by atoms with E-state index in [0.717, 1.165) is 22.3 Å². The molecule has 29 heavy (non-hydrogen) atoms. The quantitative estimate of drug-likeness (QED) is 0.559. The van der Waals surface area contributed by atoms with Crippen LogP contribution in [0.3, 0.4) is 0 Å². The number of nitrogens with zero attached hydrogens (tertiary/aromatic N) is 8. The lowest BCUT2D eigenvalue weighted by Gasteiger charge is -2.15. The van der Waals surface area contributed by atoms with Crippen molar-refractivity contribution in [2.75, 3.05) is 5.32 Å². The van der Waals surface area contributed by atoms with Crippen LogP contribution in [0.25, 0.3) is 28.1 Å². The molecule has 4 heterocycles. The predicted octanol–water partition coefficient (Wildman–Crippen LogP) is 3.35. The maximum Gasteiger partial charge on any atom is 0.164 e.